The second-order valence-corrected chi connectivity index (χ2v) is 6.28. The Kier molecular flexibility index (Phi) is 4.06. The number of likely N-dealkylation sites (N-methyl/N-ethyl adjacent to an activating group) is 1. The maximum absolute atomic E-state index is 6.22. The van der Waals surface area contributed by atoms with Crippen molar-refractivity contribution in [1.82, 2.24) is 14.8 Å². The van der Waals surface area contributed by atoms with E-state index >= 15 is 0 Å². The van der Waals surface area contributed by atoms with Crippen LogP contribution in [0.25, 0.3) is 0 Å². The van der Waals surface area contributed by atoms with Gasteiger partial charge in [-0.2, -0.15) is 0 Å². The van der Waals surface area contributed by atoms with Crippen LogP contribution in [0, 0.1) is 0 Å². The summed E-state index contributed by atoms with van der Waals surface area (Å²) in [7, 11) is 2.26. The predicted octanol–water partition coefficient (Wildman–Crippen LogP) is 1.12. The fourth-order valence-electron chi connectivity index (χ4n) is 4.11. The lowest BCUT2D eigenvalue weighted by molar-refractivity contribution is 0.0920. The molecule has 0 saturated carbocycles. The molecule has 0 spiro atoms. The van der Waals surface area contributed by atoms with Gasteiger partial charge in [0.15, 0.2) is 0 Å². The van der Waals surface area contributed by atoms with Crippen molar-refractivity contribution < 1.29 is 0 Å². The molecule has 3 rings (SSSR count). The molecule has 3 heterocycles. The molecule has 2 fully saturated rings. The monoisotopic (exact) mass is 274 g/mol. The van der Waals surface area contributed by atoms with Gasteiger partial charge in [0, 0.05) is 43.6 Å². The van der Waals surface area contributed by atoms with Crippen LogP contribution in [-0.2, 0) is 6.42 Å². The summed E-state index contributed by atoms with van der Waals surface area (Å²) in [5.74, 6) is 0. The van der Waals surface area contributed by atoms with E-state index in [0.29, 0.717) is 6.04 Å². The van der Waals surface area contributed by atoms with Gasteiger partial charge in [0.1, 0.15) is 0 Å². The van der Waals surface area contributed by atoms with Crippen molar-refractivity contribution in [2.45, 2.75) is 37.3 Å². The van der Waals surface area contributed by atoms with E-state index in [1.807, 2.05) is 12.4 Å². The summed E-state index contributed by atoms with van der Waals surface area (Å²) in [6, 6.07) is 4.90. The van der Waals surface area contributed by atoms with E-state index in [9.17, 15) is 0 Å². The van der Waals surface area contributed by atoms with E-state index in [1.165, 1.54) is 37.9 Å². The number of nitrogens with two attached hydrogens (primary N) is 1. The smallest absolute Gasteiger partial charge is 0.0496 e. The fraction of sp³-hybridized carbons (Fsp3) is 0.688. The standard InChI is InChI=1S/C16H26N4/c1-19(11-6-14-4-8-18-9-5-14)16(13-17)7-12-20-10-2-3-15(16)20/h4-5,8-9,15H,2-3,6-7,10-13,17H2,1H3. The van der Waals surface area contributed by atoms with Crippen LogP contribution in [0.4, 0.5) is 0 Å². The molecule has 110 valence electrons. The van der Waals surface area contributed by atoms with Crippen LogP contribution in [-0.4, -0.2) is 59.6 Å². The Morgan fingerprint density at radius 1 is 1.40 bits per heavy atom. The van der Waals surface area contributed by atoms with Crippen LogP contribution in [0.5, 0.6) is 0 Å². The van der Waals surface area contributed by atoms with E-state index < -0.39 is 0 Å². The molecule has 0 amide bonds. The van der Waals surface area contributed by atoms with E-state index in [4.69, 9.17) is 5.73 Å². The summed E-state index contributed by atoms with van der Waals surface area (Å²) in [5, 5.41) is 0. The molecule has 1 aromatic heterocycles. The molecular formula is C16H26N4. The van der Waals surface area contributed by atoms with E-state index in [-0.39, 0.29) is 5.54 Å². The number of hydrogen-bond acceptors (Lipinski definition) is 4. The zero-order valence-corrected chi connectivity index (χ0v) is 12.5. The molecule has 0 radical (unpaired) electrons. The molecule has 0 bridgehead atoms. The fourth-order valence-corrected chi connectivity index (χ4v) is 4.11. The molecule has 2 aliphatic rings. The average Bonchev–Trinajstić information content (AvgIpc) is 3.08. The van der Waals surface area contributed by atoms with Crippen molar-refractivity contribution in [3.8, 4) is 0 Å². The number of rotatable bonds is 5. The van der Waals surface area contributed by atoms with E-state index in [1.54, 1.807) is 0 Å². The van der Waals surface area contributed by atoms with Gasteiger partial charge in [-0.15, -0.1) is 0 Å². The van der Waals surface area contributed by atoms with Gasteiger partial charge in [-0.25, -0.2) is 0 Å². The first-order valence-electron chi connectivity index (χ1n) is 7.80. The van der Waals surface area contributed by atoms with E-state index in [0.717, 1.165) is 19.5 Å². The highest BCUT2D eigenvalue weighted by Crippen LogP contribution is 2.39. The SMILES string of the molecule is CN(CCc1ccncc1)C1(CN)CCN2CCCC21. The maximum atomic E-state index is 6.22. The Labute approximate surface area is 122 Å². The Balaban J connectivity index is 1.67. The highest BCUT2D eigenvalue weighted by atomic mass is 15.3. The topological polar surface area (TPSA) is 45.4 Å². The van der Waals surface area contributed by atoms with Crippen molar-refractivity contribution in [2.24, 2.45) is 5.73 Å². The van der Waals surface area contributed by atoms with Crippen molar-refractivity contribution in [1.29, 1.82) is 0 Å². The lowest BCUT2D eigenvalue weighted by Crippen LogP contribution is -2.58. The largest absolute Gasteiger partial charge is 0.329 e. The molecule has 2 N–H and O–H groups in total. The Bertz CT molecular complexity index is 435. The molecule has 2 saturated heterocycles. The molecule has 2 aliphatic heterocycles. The minimum absolute atomic E-state index is 0.198. The molecular weight excluding hydrogens is 248 g/mol. The third-order valence-corrected chi connectivity index (χ3v) is 5.41. The maximum Gasteiger partial charge on any atom is 0.0496 e. The molecule has 1 aromatic rings. The van der Waals surface area contributed by atoms with Gasteiger partial charge in [0.25, 0.3) is 0 Å². The lowest BCUT2D eigenvalue weighted by Gasteiger charge is -2.42. The van der Waals surface area contributed by atoms with Crippen LogP contribution < -0.4 is 5.73 Å². The Morgan fingerprint density at radius 2 is 2.20 bits per heavy atom. The predicted molar refractivity (Wildman–Crippen MR) is 81.6 cm³/mol. The van der Waals surface area contributed by atoms with Gasteiger partial charge >= 0.3 is 0 Å². The van der Waals surface area contributed by atoms with Crippen LogP contribution >= 0.6 is 0 Å². The number of aromatic nitrogens is 1. The number of nitrogens with zero attached hydrogens (tertiary/aromatic N) is 3. The van der Waals surface area contributed by atoms with Gasteiger partial charge in [0.05, 0.1) is 0 Å². The summed E-state index contributed by atoms with van der Waals surface area (Å²) in [4.78, 5) is 9.26. The molecule has 0 aromatic carbocycles. The number of pyridine rings is 1. The minimum Gasteiger partial charge on any atom is -0.329 e. The van der Waals surface area contributed by atoms with Gasteiger partial charge in [-0.05, 0) is 57.0 Å². The summed E-state index contributed by atoms with van der Waals surface area (Å²) in [6.07, 6.45) is 8.71. The van der Waals surface area contributed by atoms with Crippen molar-refractivity contribution >= 4 is 0 Å². The molecule has 2 atom stereocenters. The summed E-state index contributed by atoms with van der Waals surface area (Å²) < 4.78 is 0. The molecule has 0 aliphatic carbocycles. The highest BCUT2D eigenvalue weighted by molar-refractivity contribution is 5.12. The third kappa shape index (κ3) is 2.36. The van der Waals surface area contributed by atoms with Crippen molar-refractivity contribution in [3.05, 3.63) is 30.1 Å². The summed E-state index contributed by atoms with van der Waals surface area (Å²) in [5.41, 5.74) is 7.78. The second kappa shape index (κ2) is 5.80. The van der Waals surface area contributed by atoms with Gasteiger partial charge in [0.2, 0.25) is 0 Å². The summed E-state index contributed by atoms with van der Waals surface area (Å²) >= 11 is 0. The Morgan fingerprint density at radius 3 is 2.95 bits per heavy atom. The molecule has 4 nitrogen and oxygen atoms in total. The van der Waals surface area contributed by atoms with E-state index in [2.05, 4.69) is 34.0 Å². The van der Waals surface area contributed by atoms with Gasteiger partial charge in [-0.1, -0.05) is 0 Å². The van der Waals surface area contributed by atoms with Gasteiger partial charge in [-0.3, -0.25) is 14.8 Å². The van der Waals surface area contributed by atoms with Crippen LogP contribution in [0.15, 0.2) is 24.5 Å². The zero-order valence-electron chi connectivity index (χ0n) is 12.5. The zero-order chi connectivity index (χ0) is 14.0. The van der Waals surface area contributed by atoms with Crippen LogP contribution in [0.2, 0.25) is 0 Å². The minimum atomic E-state index is 0.198. The van der Waals surface area contributed by atoms with Gasteiger partial charge < -0.3 is 5.73 Å². The molecule has 20 heavy (non-hydrogen) atoms. The lowest BCUT2D eigenvalue weighted by atomic mass is 9.86. The first kappa shape index (κ1) is 14.0. The third-order valence-electron chi connectivity index (χ3n) is 5.41. The van der Waals surface area contributed by atoms with Crippen molar-refractivity contribution in [3.63, 3.8) is 0 Å². The second-order valence-electron chi connectivity index (χ2n) is 6.28. The first-order valence-corrected chi connectivity index (χ1v) is 7.80. The Hall–Kier alpha value is -0.970. The molecule has 4 heteroatoms. The quantitative estimate of drug-likeness (QED) is 0.874. The average molecular weight is 274 g/mol. The van der Waals surface area contributed by atoms with Crippen LogP contribution in [0.3, 0.4) is 0 Å². The normalized spacial score (nSPS) is 30.1. The highest BCUT2D eigenvalue weighted by Gasteiger charge is 2.50. The van der Waals surface area contributed by atoms with Crippen LogP contribution in [0.1, 0.15) is 24.8 Å². The summed E-state index contributed by atoms with van der Waals surface area (Å²) in [6.45, 7) is 4.35. The van der Waals surface area contributed by atoms with Crippen molar-refractivity contribution in [2.75, 3.05) is 33.2 Å². The number of fused-ring (bicyclic) bond motifs is 1. The number of hydrogen-bond donors (Lipinski definition) is 1. The first-order chi connectivity index (χ1) is 9.76. The molecule has 2 unspecified atom stereocenters.